The summed E-state index contributed by atoms with van der Waals surface area (Å²) in [4.78, 5) is 12.2. The van der Waals surface area contributed by atoms with Crippen molar-refractivity contribution in [2.75, 3.05) is 26.7 Å². The predicted molar refractivity (Wildman–Crippen MR) is 75.5 cm³/mol. The van der Waals surface area contributed by atoms with Crippen molar-refractivity contribution >= 4 is 5.69 Å². The van der Waals surface area contributed by atoms with E-state index < -0.39 is 11.0 Å². The summed E-state index contributed by atoms with van der Waals surface area (Å²) in [6, 6.07) is 0.492. The van der Waals surface area contributed by atoms with E-state index in [-0.39, 0.29) is 12.2 Å². The minimum absolute atomic E-state index is 0.0660. The Hall–Kier alpha value is -1.51. The SMILES string of the molecule is CC(C)N(C)CCNCC(O)Cn1cc([N+](=O)[O-])cn1. The van der Waals surface area contributed by atoms with Crippen LogP contribution in [-0.4, -0.2) is 63.5 Å². The Morgan fingerprint density at radius 2 is 2.30 bits per heavy atom. The van der Waals surface area contributed by atoms with Crippen molar-refractivity contribution in [3.8, 4) is 0 Å². The van der Waals surface area contributed by atoms with Crippen LogP contribution in [0.4, 0.5) is 5.69 Å². The fourth-order valence-corrected chi connectivity index (χ4v) is 1.61. The van der Waals surface area contributed by atoms with Gasteiger partial charge >= 0.3 is 5.69 Å². The molecule has 0 saturated heterocycles. The second-order valence-electron chi connectivity index (χ2n) is 5.11. The second kappa shape index (κ2) is 7.93. The zero-order chi connectivity index (χ0) is 15.1. The molecule has 0 aliphatic heterocycles. The topological polar surface area (TPSA) is 96.5 Å². The van der Waals surface area contributed by atoms with E-state index in [1.165, 1.54) is 17.1 Å². The summed E-state index contributed by atoms with van der Waals surface area (Å²) in [6.07, 6.45) is 1.87. The first-order chi connectivity index (χ1) is 9.40. The average Bonchev–Trinajstić information content (AvgIpc) is 2.82. The van der Waals surface area contributed by atoms with Crippen molar-refractivity contribution in [1.82, 2.24) is 20.0 Å². The largest absolute Gasteiger partial charge is 0.390 e. The van der Waals surface area contributed by atoms with Gasteiger partial charge in [-0.05, 0) is 20.9 Å². The Bertz CT molecular complexity index is 421. The molecule has 0 amide bonds. The third-order valence-electron chi connectivity index (χ3n) is 3.13. The number of hydrogen-bond donors (Lipinski definition) is 2. The maximum atomic E-state index is 10.5. The van der Waals surface area contributed by atoms with Gasteiger partial charge in [0.1, 0.15) is 12.4 Å². The molecule has 8 nitrogen and oxygen atoms in total. The molecule has 0 aliphatic rings. The van der Waals surface area contributed by atoms with E-state index in [1.54, 1.807) is 0 Å². The van der Waals surface area contributed by atoms with E-state index >= 15 is 0 Å². The summed E-state index contributed by atoms with van der Waals surface area (Å²) in [6.45, 7) is 6.60. The van der Waals surface area contributed by atoms with Crippen LogP contribution in [0.2, 0.25) is 0 Å². The van der Waals surface area contributed by atoms with Crippen molar-refractivity contribution in [3.05, 3.63) is 22.5 Å². The van der Waals surface area contributed by atoms with Gasteiger partial charge in [0, 0.05) is 25.7 Å². The van der Waals surface area contributed by atoms with Gasteiger partial charge in [-0.1, -0.05) is 0 Å². The van der Waals surface area contributed by atoms with Crippen molar-refractivity contribution in [1.29, 1.82) is 0 Å². The van der Waals surface area contributed by atoms with Crippen molar-refractivity contribution in [3.63, 3.8) is 0 Å². The molecule has 8 heteroatoms. The van der Waals surface area contributed by atoms with Gasteiger partial charge in [0.25, 0.3) is 0 Å². The monoisotopic (exact) mass is 285 g/mol. The van der Waals surface area contributed by atoms with Crippen LogP contribution in [0.25, 0.3) is 0 Å². The molecule has 1 rings (SSSR count). The van der Waals surface area contributed by atoms with E-state index in [2.05, 4.69) is 29.2 Å². The minimum atomic E-state index is -0.626. The van der Waals surface area contributed by atoms with Gasteiger partial charge in [-0.25, -0.2) is 0 Å². The van der Waals surface area contributed by atoms with Gasteiger partial charge in [-0.2, -0.15) is 5.10 Å². The molecular formula is C12H23N5O3. The lowest BCUT2D eigenvalue weighted by Crippen LogP contribution is -2.37. The molecule has 1 atom stereocenters. The number of likely N-dealkylation sites (N-methyl/N-ethyl adjacent to an activating group) is 1. The van der Waals surface area contributed by atoms with Gasteiger partial charge < -0.3 is 15.3 Å². The Morgan fingerprint density at radius 1 is 1.60 bits per heavy atom. The molecule has 1 aromatic rings. The van der Waals surface area contributed by atoms with Gasteiger partial charge in [0.2, 0.25) is 0 Å². The highest BCUT2D eigenvalue weighted by molar-refractivity contribution is 5.20. The van der Waals surface area contributed by atoms with Crippen molar-refractivity contribution < 1.29 is 10.0 Å². The number of aliphatic hydroxyl groups is 1. The Morgan fingerprint density at radius 3 is 2.85 bits per heavy atom. The van der Waals surface area contributed by atoms with Crippen LogP contribution in [0.15, 0.2) is 12.4 Å². The van der Waals surface area contributed by atoms with Gasteiger partial charge in [0.05, 0.1) is 17.6 Å². The molecule has 1 unspecified atom stereocenters. The highest BCUT2D eigenvalue weighted by Gasteiger charge is 2.11. The molecule has 0 aromatic carbocycles. The van der Waals surface area contributed by atoms with Crippen LogP contribution in [0.5, 0.6) is 0 Å². The summed E-state index contributed by atoms with van der Waals surface area (Å²) in [7, 11) is 2.05. The lowest BCUT2D eigenvalue weighted by Gasteiger charge is -2.21. The molecule has 0 radical (unpaired) electrons. The molecule has 0 bridgehead atoms. The third-order valence-corrected chi connectivity index (χ3v) is 3.13. The van der Waals surface area contributed by atoms with Gasteiger partial charge in [-0.15, -0.1) is 0 Å². The number of hydrogen-bond acceptors (Lipinski definition) is 6. The maximum Gasteiger partial charge on any atom is 0.306 e. The van der Waals surface area contributed by atoms with Crippen LogP contribution in [0.1, 0.15) is 13.8 Å². The molecular weight excluding hydrogens is 262 g/mol. The molecule has 2 N–H and O–H groups in total. The number of nitro groups is 1. The quantitative estimate of drug-likeness (QED) is 0.379. The van der Waals surface area contributed by atoms with E-state index in [4.69, 9.17) is 0 Å². The Kier molecular flexibility index (Phi) is 6.56. The first-order valence-electron chi connectivity index (χ1n) is 6.66. The van der Waals surface area contributed by atoms with Crippen molar-refractivity contribution in [2.24, 2.45) is 0 Å². The number of aromatic nitrogens is 2. The molecule has 1 heterocycles. The average molecular weight is 285 g/mol. The lowest BCUT2D eigenvalue weighted by atomic mass is 10.3. The van der Waals surface area contributed by atoms with Crippen LogP contribution in [-0.2, 0) is 6.54 Å². The molecule has 0 aliphatic carbocycles. The molecule has 1 aromatic heterocycles. The predicted octanol–water partition coefficient (Wildman–Crippen LogP) is 0.0820. The standard InChI is InChI=1S/C12H23N5O3/c1-10(2)15(3)5-4-13-7-12(18)9-16-8-11(6-14-16)17(19)20/h6,8,10,12-13,18H,4-5,7,9H2,1-3H3. The second-order valence-corrected chi connectivity index (χ2v) is 5.11. The summed E-state index contributed by atoms with van der Waals surface area (Å²) in [5.41, 5.74) is -0.0660. The first-order valence-corrected chi connectivity index (χ1v) is 6.66. The van der Waals surface area contributed by atoms with E-state index in [0.717, 1.165) is 13.1 Å². The summed E-state index contributed by atoms with van der Waals surface area (Å²) >= 11 is 0. The number of aliphatic hydroxyl groups excluding tert-OH is 1. The Balaban J connectivity index is 2.22. The molecule has 0 fully saturated rings. The van der Waals surface area contributed by atoms with E-state index in [1.807, 2.05) is 7.05 Å². The number of nitrogens with zero attached hydrogens (tertiary/aromatic N) is 4. The highest BCUT2D eigenvalue weighted by atomic mass is 16.6. The molecule has 114 valence electrons. The van der Waals surface area contributed by atoms with Crippen LogP contribution in [0.3, 0.4) is 0 Å². The number of rotatable bonds is 9. The fraction of sp³-hybridized carbons (Fsp3) is 0.750. The molecule has 0 spiro atoms. The maximum absolute atomic E-state index is 10.5. The first kappa shape index (κ1) is 16.5. The van der Waals surface area contributed by atoms with E-state index in [0.29, 0.717) is 12.6 Å². The zero-order valence-electron chi connectivity index (χ0n) is 12.2. The van der Waals surface area contributed by atoms with Gasteiger partial charge in [0.15, 0.2) is 0 Å². The van der Waals surface area contributed by atoms with Crippen LogP contribution < -0.4 is 5.32 Å². The normalized spacial score (nSPS) is 13.1. The summed E-state index contributed by atoms with van der Waals surface area (Å²) < 4.78 is 1.38. The minimum Gasteiger partial charge on any atom is -0.390 e. The Labute approximate surface area is 118 Å². The van der Waals surface area contributed by atoms with Gasteiger partial charge in [-0.3, -0.25) is 14.8 Å². The zero-order valence-corrected chi connectivity index (χ0v) is 12.2. The summed E-state index contributed by atoms with van der Waals surface area (Å²) in [5.74, 6) is 0. The summed E-state index contributed by atoms with van der Waals surface area (Å²) in [5, 5.41) is 27.3. The third kappa shape index (κ3) is 5.64. The van der Waals surface area contributed by atoms with Crippen LogP contribution in [0, 0.1) is 10.1 Å². The number of nitrogens with one attached hydrogen (secondary N) is 1. The smallest absolute Gasteiger partial charge is 0.306 e. The van der Waals surface area contributed by atoms with Crippen molar-refractivity contribution in [2.45, 2.75) is 32.5 Å². The molecule has 20 heavy (non-hydrogen) atoms. The highest BCUT2D eigenvalue weighted by Crippen LogP contribution is 2.07. The lowest BCUT2D eigenvalue weighted by molar-refractivity contribution is -0.385. The van der Waals surface area contributed by atoms with E-state index in [9.17, 15) is 15.2 Å². The fourth-order valence-electron chi connectivity index (χ4n) is 1.61. The van der Waals surface area contributed by atoms with Crippen LogP contribution >= 0.6 is 0 Å². The molecule has 0 saturated carbocycles.